The molecule has 1 saturated heterocycles. The van der Waals surface area contributed by atoms with Gasteiger partial charge in [0.15, 0.2) is 0 Å². The van der Waals surface area contributed by atoms with Crippen LogP contribution in [-0.2, 0) is 4.79 Å². The molecule has 1 aromatic heterocycles. The first-order chi connectivity index (χ1) is 10.7. The molecule has 1 aliphatic rings. The maximum Gasteiger partial charge on any atom is 0.278 e. The van der Waals surface area contributed by atoms with E-state index in [1.54, 1.807) is 18.3 Å². The van der Waals surface area contributed by atoms with Crippen LogP contribution < -0.4 is 10.6 Å². The summed E-state index contributed by atoms with van der Waals surface area (Å²) in [4.78, 5) is 26.7. The maximum atomic E-state index is 12.0. The predicted octanol–water partition coefficient (Wildman–Crippen LogP) is 2.22. The Hall–Kier alpha value is -2.70. The molecule has 0 bridgehead atoms. The van der Waals surface area contributed by atoms with Crippen LogP contribution in [0.4, 0.5) is 11.4 Å². The SMILES string of the molecule is O=C1NCCCC[C@H]1Nc1ccc([N+](=O)[O-])c2cnccc12. The number of nitro benzene ring substituents is 1. The number of amides is 1. The van der Waals surface area contributed by atoms with Crippen molar-refractivity contribution in [2.45, 2.75) is 25.3 Å². The van der Waals surface area contributed by atoms with E-state index in [1.165, 1.54) is 12.3 Å². The number of hydrogen-bond donors (Lipinski definition) is 2. The number of fused-ring (bicyclic) bond motifs is 1. The molecule has 22 heavy (non-hydrogen) atoms. The number of carbonyl (C=O) groups is 1. The summed E-state index contributed by atoms with van der Waals surface area (Å²) in [5.74, 6) is -0.0296. The van der Waals surface area contributed by atoms with Gasteiger partial charge in [0.2, 0.25) is 5.91 Å². The number of anilines is 1. The van der Waals surface area contributed by atoms with Crippen LogP contribution in [0, 0.1) is 10.1 Å². The second-order valence-corrected chi connectivity index (χ2v) is 5.29. The lowest BCUT2D eigenvalue weighted by atomic mass is 10.1. The number of benzene rings is 1. The van der Waals surface area contributed by atoms with E-state index in [-0.39, 0.29) is 17.6 Å². The number of nitro groups is 1. The normalized spacial score (nSPS) is 18.5. The van der Waals surface area contributed by atoms with Gasteiger partial charge in [0.1, 0.15) is 6.04 Å². The van der Waals surface area contributed by atoms with Gasteiger partial charge in [0.25, 0.3) is 5.69 Å². The fourth-order valence-corrected chi connectivity index (χ4v) is 2.73. The molecule has 114 valence electrons. The Morgan fingerprint density at radius 3 is 2.95 bits per heavy atom. The minimum Gasteiger partial charge on any atom is -0.373 e. The molecule has 2 aromatic rings. The molecule has 1 atom stereocenters. The average Bonchev–Trinajstić information content (AvgIpc) is 2.72. The van der Waals surface area contributed by atoms with Gasteiger partial charge in [-0.05, 0) is 31.4 Å². The Morgan fingerprint density at radius 1 is 1.27 bits per heavy atom. The highest BCUT2D eigenvalue weighted by Gasteiger charge is 2.22. The lowest BCUT2D eigenvalue weighted by molar-refractivity contribution is -0.383. The molecule has 1 fully saturated rings. The molecule has 7 heteroatoms. The van der Waals surface area contributed by atoms with Crippen molar-refractivity contribution in [3.8, 4) is 0 Å². The van der Waals surface area contributed by atoms with Crippen molar-refractivity contribution < 1.29 is 9.72 Å². The van der Waals surface area contributed by atoms with Gasteiger partial charge >= 0.3 is 0 Å². The highest BCUT2D eigenvalue weighted by molar-refractivity contribution is 6.00. The zero-order valence-corrected chi connectivity index (χ0v) is 11.9. The molecule has 1 aromatic carbocycles. The maximum absolute atomic E-state index is 12.0. The molecule has 2 heterocycles. The molecular formula is C15H16N4O3. The minimum absolute atomic E-state index is 0.0129. The Bertz CT molecular complexity index is 732. The molecule has 0 saturated carbocycles. The predicted molar refractivity (Wildman–Crippen MR) is 82.7 cm³/mol. The molecule has 0 spiro atoms. The van der Waals surface area contributed by atoms with E-state index in [4.69, 9.17) is 0 Å². The fraction of sp³-hybridized carbons (Fsp3) is 0.333. The van der Waals surface area contributed by atoms with Crippen molar-refractivity contribution in [3.05, 3.63) is 40.7 Å². The summed E-state index contributed by atoms with van der Waals surface area (Å²) in [7, 11) is 0. The van der Waals surface area contributed by atoms with Crippen molar-refractivity contribution in [2.75, 3.05) is 11.9 Å². The number of carbonyl (C=O) groups excluding carboxylic acids is 1. The third kappa shape index (κ3) is 2.69. The van der Waals surface area contributed by atoms with Crippen LogP contribution in [0.5, 0.6) is 0 Å². The zero-order valence-electron chi connectivity index (χ0n) is 11.9. The van der Waals surface area contributed by atoms with Crippen LogP contribution in [0.3, 0.4) is 0 Å². The number of rotatable bonds is 3. The molecule has 0 aliphatic carbocycles. The van der Waals surface area contributed by atoms with E-state index in [9.17, 15) is 14.9 Å². The summed E-state index contributed by atoms with van der Waals surface area (Å²) in [6.45, 7) is 0.696. The van der Waals surface area contributed by atoms with Crippen LogP contribution in [0.1, 0.15) is 19.3 Å². The smallest absolute Gasteiger partial charge is 0.278 e. The van der Waals surface area contributed by atoms with Crippen molar-refractivity contribution in [2.24, 2.45) is 0 Å². The molecule has 7 nitrogen and oxygen atoms in total. The van der Waals surface area contributed by atoms with Gasteiger partial charge in [-0.2, -0.15) is 0 Å². The summed E-state index contributed by atoms with van der Waals surface area (Å²) in [5.41, 5.74) is 0.726. The van der Waals surface area contributed by atoms with Crippen LogP contribution >= 0.6 is 0 Å². The first-order valence-electron chi connectivity index (χ1n) is 7.22. The van der Waals surface area contributed by atoms with Gasteiger partial charge in [0, 0.05) is 36.1 Å². The second kappa shape index (κ2) is 5.97. The Kier molecular flexibility index (Phi) is 3.86. The monoisotopic (exact) mass is 300 g/mol. The van der Waals surface area contributed by atoms with Gasteiger partial charge in [-0.1, -0.05) is 0 Å². The molecule has 2 N–H and O–H groups in total. The summed E-state index contributed by atoms with van der Waals surface area (Å²) < 4.78 is 0. The van der Waals surface area contributed by atoms with Crippen LogP contribution in [0.25, 0.3) is 10.8 Å². The third-order valence-electron chi connectivity index (χ3n) is 3.86. The van der Waals surface area contributed by atoms with E-state index in [2.05, 4.69) is 15.6 Å². The van der Waals surface area contributed by atoms with Crippen molar-refractivity contribution in [3.63, 3.8) is 0 Å². The second-order valence-electron chi connectivity index (χ2n) is 5.29. The lowest BCUT2D eigenvalue weighted by Crippen LogP contribution is -2.37. The highest BCUT2D eigenvalue weighted by atomic mass is 16.6. The molecule has 3 rings (SSSR count). The molecule has 0 unspecified atom stereocenters. The topological polar surface area (TPSA) is 97.2 Å². The largest absolute Gasteiger partial charge is 0.373 e. The summed E-state index contributed by atoms with van der Waals surface area (Å²) in [6, 6.07) is 4.50. The number of hydrogen-bond acceptors (Lipinski definition) is 5. The first kappa shape index (κ1) is 14.2. The van der Waals surface area contributed by atoms with Gasteiger partial charge in [-0.15, -0.1) is 0 Å². The van der Waals surface area contributed by atoms with Crippen LogP contribution in [-0.4, -0.2) is 28.4 Å². The highest BCUT2D eigenvalue weighted by Crippen LogP contribution is 2.31. The summed E-state index contributed by atoms with van der Waals surface area (Å²) in [5, 5.41) is 18.4. The molecule has 1 amide bonds. The van der Waals surface area contributed by atoms with E-state index in [0.717, 1.165) is 19.3 Å². The summed E-state index contributed by atoms with van der Waals surface area (Å²) >= 11 is 0. The summed E-state index contributed by atoms with van der Waals surface area (Å²) in [6.07, 6.45) is 5.74. The standard InChI is InChI=1S/C15H16N4O3/c20-15-13(3-1-2-7-17-15)18-12-4-5-14(19(21)22)11-9-16-8-6-10(11)12/h4-6,8-9,13,18H,1-3,7H2,(H,17,20)/t13-/m1/s1. The van der Waals surface area contributed by atoms with E-state index >= 15 is 0 Å². The number of nitrogens with one attached hydrogen (secondary N) is 2. The average molecular weight is 300 g/mol. The first-order valence-corrected chi connectivity index (χ1v) is 7.22. The lowest BCUT2D eigenvalue weighted by Gasteiger charge is -2.18. The Balaban J connectivity index is 1.99. The van der Waals surface area contributed by atoms with Crippen LogP contribution in [0.15, 0.2) is 30.6 Å². The number of aromatic nitrogens is 1. The number of non-ortho nitro benzene ring substituents is 1. The Labute approximate surface area is 126 Å². The van der Waals surface area contributed by atoms with Crippen LogP contribution in [0.2, 0.25) is 0 Å². The van der Waals surface area contributed by atoms with E-state index < -0.39 is 4.92 Å². The van der Waals surface area contributed by atoms with Gasteiger partial charge in [-0.25, -0.2) is 0 Å². The third-order valence-corrected chi connectivity index (χ3v) is 3.86. The number of pyridine rings is 1. The van der Waals surface area contributed by atoms with Gasteiger partial charge in [-0.3, -0.25) is 19.9 Å². The van der Waals surface area contributed by atoms with Gasteiger partial charge < -0.3 is 10.6 Å². The van der Waals surface area contributed by atoms with Crippen molar-refractivity contribution in [1.82, 2.24) is 10.3 Å². The quantitative estimate of drug-likeness (QED) is 0.669. The minimum atomic E-state index is -0.424. The zero-order chi connectivity index (χ0) is 15.5. The Morgan fingerprint density at radius 2 is 2.14 bits per heavy atom. The van der Waals surface area contributed by atoms with E-state index in [0.29, 0.717) is 23.0 Å². The van der Waals surface area contributed by atoms with E-state index in [1.807, 2.05) is 0 Å². The van der Waals surface area contributed by atoms with Gasteiger partial charge in [0.05, 0.1) is 10.3 Å². The number of nitrogens with zero attached hydrogens (tertiary/aromatic N) is 2. The molecule has 1 aliphatic heterocycles. The molecular weight excluding hydrogens is 284 g/mol. The molecule has 0 radical (unpaired) electrons. The van der Waals surface area contributed by atoms with Crippen molar-refractivity contribution in [1.29, 1.82) is 0 Å². The van der Waals surface area contributed by atoms with Crippen molar-refractivity contribution >= 4 is 28.1 Å². The fourth-order valence-electron chi connectivity index (χ4n) is 2.73.